The molecule has 1 aromatic rings. The lowest BCUT2D eigenvalue weighted by Gasteiger charge is -1.94. The van der Waals surface area contributed by atoms with Gasteiger partial charge in [-0.25, -0.2) is 0 Å². The highest BCUT2D eigenvalue weighted by atomic mass is 32.1. The Morgan fingerprint density at radius 1 is 1.25 bits per heavy atom. The average Bonchev–Trinajstić information content (AvgIpc) is 2.60. The van der Waals surface area contributed by atoms with Crippen LogP contribution in [-0.2, 0) is 4.79 Å². The second-order valence-electron chi connectivity index (χ2n) is 3.17. The van der Waals surface area contributed by atoms with Crippen molar-refractivity contribution in [3.05, 3.63) is 40.2 Å². The van der Waals surface area contributed by atoms with E-state index in [9.17, 15) is 10.0 Å². The van der Waals surface area contributed by atoms with E-state index in [1.165, 1.54) is 23.5 Å². The van der Waals surface area contributed by atoms with E-state index in [4.69, 9.17) is 0 Å². The number of carbonyl (C=O) groups is 1. The molecule has 0 spiro atoms. The van der Waals surface area contributed by atoms with Crippen molar-refractivity contribution in [1.29, 1.82) is 0 Å². The number of nitrogens with zero attached hydrogens (tertiary/aromatic N) is 3. The van der Waals surface area contributed by atoms with Gasteiger partial charge in [0.25, 0.3) is 0 Å². The van der Waals surface area contributed by atoms with Crippen LogP contribution in [0.2, 0.25) is 0 Å². The molecular formula is C10H9N3O2S. The standard InChI is InChI=1S/C10H9N3O2S/c1-7-6-16-10(13(7)15)12-11-8-2-4-9(14)5-3-8/h2-6,15H,1H3. The van der Waals surface area contributed by atoms with Gasteiger partial charge in [-0.2, -0.15) is 4.73 Å². The molecule has 1 heterocycles. The Kier molecular flexibility index (Phi) is 2.82. The van der Waals surface area contributed by atoms with Crippen molar-refractivity contribution >= 4 is 22.8 Å². The molecule has 0 saturated carbocycles. The maximum Gasteiger partial charge on any atom is 0.243 e. The number of hydrogen-bond acceptors (Lipinski definition) is 5. The summed E-state index contributed by atoms with van der Waals surface area (Å²) in [5.41, 5.74) is 1.28. The summed E-state index contributed by atoms with van der Waals surface area (Å²) >= 11 is 1.29. The lowest BCUT2D eigenvalue weighted by molar-refractivity contribution is -0.110. The zero-order chi connectivity index (χ0) is 11.5. The molecule has 1 aliphatic carbocycles. The van der Waals surface area contributed by atoms with Gasteiger partial charge in [0, 0.05) is 5.38 Å². The highest BCUT2D eigenvalue weighted by molar-refractivity contribution is 7.07. The highest BCUT2D eigenvalue weighted by Crippen LogP contribution is 1.98. The van der Waals surface area contributed by atoms with Gasteiger partial charge in [-0.3, -0.25) is 4.79 Å². The molecule has 82 valence electrons. The summed E-state index contributed by atoms with van der Waals surface area (Å²) in [5, 5.41) is 19.0. The predicted octanol–water partition coefficient (Wildman–Crippen LogP) is 1.05. The molecule has 0 saturated heterocycles. The molecule has 0 aromatic carbocycles. The highest BCUT2D eigenvalue weighted by Gasteiger charge is 2.00. The average molecular weight is 235 g/mol. The minimum absolute atomic E-state index is 0.0665. The number of carbonyl (C=O) groups excluding carboxylic acids is 1. The van der Waals surface area contributed by atoms with Gasteiger partial charge in [-0.1, -0.05) is 0 Å². The smallest absolute Gasteiger partial charge is 0.243 e. The van der Waals surface area contributed by atoms with Crippen molar-refractivity contribution in [3.63, 3.8) is 0 Å². The molecule has 0 aliphatic heterocycles. The van der Waals surface area contributed by atoms with Crippen molar-refractivity contribution in [2.75, 3.05) is 0 Å². The first-order chi connectivity index (χ1) is 7.66. The molecule has 1 aliphatic rings. The van der Waals surface area contributed by atoms with Gasteiger partial charge in [0.1, 0.15) is 0 Å². The lowest BCUT2D eigenvalue weighted by atomic mass is 10.2. The van der Waals surface area contributed by atoms with Crippen LogP contribution < -0.4 is 4.80 Å². The Morgan fingerprint density at radius 3 is 2.50 bits per heavy atom. The third kappa shape index (κ3) is 2.17. The molecule has 0 bridgehead atoms. The first kappa shape index (κ1) is 10.6. The fourth-order valence-electron chi connectivity index (χ4n) is 1.07. The Morgan fingerprint density at radius 2 is 1.94 bits per heavy atom. The van der Waals surface area contributed by atoms with Crippen molar-refractivity contribution in [3.8, 4) is 0 Å². The molecule has 0 atom stereocenters. The quantitative estimate of drug-likeness (QED) is 0.449. The van der Waals surface area contributed by atoms with Crippen LogP contribution in [0.25, 0.3) is 0 Å². The lowest BCUT2D eigenvalue weighted by Crippen LogP contribution is -2.12. The number of aromatic nitrogens is 1. The molecule has 0 amide bonds. The zero-order valence-electron chi connectivity index (χ0n) is 8.49. The van der Waals surface area contributed by atoms with Crippen LogP contribution in [0.3, 0.4) is 0 Å². The minimum atomic E-state index is -0.0665. The van der Waals surface area contributed by atoms with Gasteiger partial charge in [0.05, 0.1) is 11.4 Å². The third-order valence-corrected chi connectivity index (χ3v) is 2.86. The third-order valence-electron chi connectivity index (χ3n) is 1.94. The van der Waals surface area contributed by atoms with E-state index in [1.54, 1.807) is 24.5 Å². The fourth-order valence-corrected chi connectivity index (χ4v) is 1.78. The first-order valence-electron chi connectivity index (χ1n) is 4.55. The van der Waals surface area contributed by atoms with Gasteiger partial charge in [-0.05, 0) is 31.2 Å². The Bertz CT molecular complexity index is 557. The van der Waals surface area contributed by atoms with Gasteiger partial charge >= 0.3 is 0 Å². The second-order valence-corrected chi connectivity index (χ2v) is 4.00. The van der Waals surface area contributed by atoms with Crippen LogP contribution in [0.1, 0.15) is 5.69 Å². The van der Waals surface area contributed by atoms with Crippen molar-refractivity contribution in [2.45, 2.75) is 6.92 Å². The minimum Gasteiger partial charge on any atom is -0.426 e. The number of rotatable bonds is 1. The Balaban J connectivity index is 2.30. The van der Waals surface area contributed by atoms with Crippen molar-refractivity contribution < 1.29 is 10.0 Å². The largest absolute Gasteiger partial charge is 0.426 e. The van der Waals surface area contributed by atoms with Gasteiger partial charge in [0.15, 0.2) is 5.78 Å². The van der Waals surface area contributed by atoms with E-state index in [-0.39, 0.29) is 5.78 Å². The normalized spacial score (nSPS) is 15.9. The molecule has 1 aromatic heterocycles. The second kappa shape index (κ2) is 4.28. The number of hydrogen-bond donors (Lipinski definition) is 1. The SMILES string of the molecule is Cc1csc(=NN=C2C=CC(=O)C=C2)n1O. The van der Waals surface area contributed by atoms with Gasteiger partial charge in [-0.15, -0.1) is 21.5 Å². The summed E-state index contributed by atoms with van der Waals surface area (Å²) in [7, 11) is 0. The molecule has 5 nitrogen and oxygen atoms in total. The van der Waals surface area contributed by atoms with E-state index in [1.807, 2.05) is 0 Å². The Hall–Kier alpha value is -1.95. The van der Waals surface area contributed by atoms with E-state index in [2.05, 4.69) is 10.2 Å². The molecule has 6 heteroatoms. The maximum absolute atomic E-state index is 10.8. The summed E-state index contributed by atoms with van der Waals surface area (Å²) in [6.07, 6.45) is 5.99. The first-order valence-corrected chi connectivity index (χ1v) is 5.43. The van der Waals surface area contributed by atoms with Crippen LogP contribution in [0.5, 0.6) is 0 Å². The van der Waals surface area contributed by atoms with Crippen LogP contribution in [0.4, 0.5) is 0 Å². The summed E-state index contributed by atoms with van der Waals surface area (Å²) in [6, 6.07) is 0. The van der Waals surface area contributed by atoms with E-state index in [0.29, 0.717) is 16.2 Å². The molecular weight excluding hydrogens is 226 g/mol. The van der Waals surface area contributed by atoms with Gasteiger partial charge in [0.2, 0.25) is 4.80 Å². The monoisotopic (exact) mass is 235 g/mol. The number of thiazole rings is 1. The summed E-state index contributed by atoms with van der Waals surface area (Å²) in [4.78, 5) is 11.2. The van der Waals surface area contributed by atoms with E-state index < -0.39 is 0 Å². The van der Waals surface area contributed by atoms with Crippen LogP contribution in [0.15, 0.2) is 39.9 Å². The fraction of sp³-hybridized carbons (Fsp3) is 0.100. The maximum atomic E-state index is 10.8. The van der Waals surface area contributed by atoms with E-state index >= 15 is 0 Å². The van der Waals surface area contributed by atoms with Crippen LogP contribution in [0, 0.1) is 6.92 Å². The molecule has 0 fully saturated rings. The predicted molar refractivity (Wildman–Crippen MR) is 60.5 cm³/mol. The zero-order valence-corrected chi connectivity index (χ0v) is 9.31. The van der Waals surface area contributed by atoms with Crippen LogP contribution >= 0.6 is 11.3 Å². The molecule has 2 rings (SSSR count). The molecule has 0 radical (unpaired) electrons. The van der Waals surface area contributed by atoms with E-state index in [0.717, 1.165) is 4.73 Å². The molecule has 1 N–H and O–H groups in total. The number of ketones is 1. The molecule has 0 unspecified atom stereocenters. The topological polar surface area (TPSA) is 67.0 Å². The molecule has 16 heavy (non-hydrogen) atoms. The van der Waals surface area contributed by atoms with Crippen molar-refractivity contribution in [2.24, 2.45) is 10.2 Å². The Labute approximate surface area is 95.3 Å². The van der Waals surface area contributed by atoms with Crippen LogP contribution in [-0.4, -0.2) is 21.4 Å². The summed E-state index contributed by atoms with van der Waals surface area (Å²) < 4.78 is 0.968. The number of allylic oxidation sites excluding steroid dienone is 4. The van der Waals surface area contributed by atoms with Gasteiger partial charge < -0.3 is 5.21 Å². The van der Waals surface area contributed by atoms with Crippen molar-refractivity contribution in [1.82, 2.24) is 4.73 Å². The summed E-state index contributed by atoms with van der Waals surface area (Å²) in [6.45, 7) is 1.77. The number of aryl methyl sites for hydroxylation is 1. The summed E-state index contributed by atoms with van der Waals surface area (Å²) in [5.74, 6) is -0.0665.